The summed E-state index contributed by atoms with van der Waals surface area (Å²) in [6.45, 7) is 1.89. The fourth-order valence-corrected chi connectivity index (χ4v) is 2.75. The Balaban J connectivity index is 2.00. The number of rotatable bonds is 2. The Bertz CT molecular complexity index is 1080. The van der Waals surface area contributed by atoms with Crippen molar-refractivity contribution in [3.63, 3.8) is 0 Å². The van der Waals surface area contributed by atoms with Crippen LogP contribution in [0.4, 0.5) is 0 Å². The smallest absolute Gasteiger partial charge is 0.273 e. The number of nitrogens with one attached hydrogen (secondary N) is 1. The maximum atomic E-state index is 12.5. The maximum Gasteiger partial charge on any atom is 0.273 e. The molecule has 0 aliphatic rings. The van der Waals surface area contributed by atoms with Crippen molar-refractivity contribution in [2.75, 3.05) is 0 Å². The number of phenols is 1. The summed E-state index contributed by atoms with van der Waals surface area (Å²) in [5.74, 6) is 0.170. The lowest BCUT2D eigenvalue weighted by atomic mass is 10.1. The van der Waals surface area contributed by atoms with Gasteiger partial charge in [-0.15, -0.1) is 0 Å². The SMILES string of the molecule is Cc1[nH]n2c(=O)cc(-c3ccc(O)cc3)nc2c1-c1ccccn1. The van der Waals surface area contributed by atoms with E-state index in [0.717, 1.165) is 22.5 Å². The van der Waals surface area contributed by atoms with Crippen LogP contribution in [0.2, 0.25) is 0 Å². The molecule has 0 atom stereocenters. The fraction of sp³-hybridized carbons (Fsp3) is 0.0556. The number of nitrogens with zero attached hydrogens (tertiary/aromatic N) is 3. The minimum Gasteiger partial charge on any atom is -0.508 e. The third-order valence-electron chi connectivity index (χ3n) is 3.88. The molecule has 0 saturated carbocycles. The Morgan fingerprint density at radius 2 is 1.88 bits per heavy atom. The number of aromatic amines is 1. The normalized spacial score (nSPS) is 11.0. The highest BCUT2D eigenvalue weighted by Crippen LogP contribution is 2.26. The molecular weight excluding hydrogens is 304 g/mol. The van der Waals surface area contributed by atoms with E-state index in [-0.39, 0.29) is 11.3 Å². The minimum atomic E-state index is -0.201. The Kier molecular flexibility index (Phi) is 3.16. The Labute approximate surface area is 137 Å². The zero-order valence-corrected chi connectivity index (χ0v) is 12.9. The van der Waals surface area contributed by atoms with Crippen LogP contribution in [0.1, 0.15) is 5.69 Å². The largest absolute Gasteiger partial charge is 0.508 e. The van der Waals surface area contributed by atoms with Gasteiger partial charge in [0, 0.05) is 23.5 Å². The van der Waals surface area contributed by atoms with Gasteiger partial charge in [-0.2, -0.15) is 0 Å². The van der Waals surface area contributed by atoms with Crippen molar-refractivity contribution in [2.24, 2.45) is 0 Å². The molecule has 0 aliphatic heterocycles. The zero-order valence-electron chi connectivity index (χ0n) is 12.9. The fourth-order valence-electron chi connectivity index (χ4n) is 2.75. The summed E-state index contributed by atoms with van der Waals surface area (Å²) in [7, 11) is 0. The summed E-state index contributed by atoms with van der Waals surface area (Å²) in [6, 6.07) is 13.7. The van der Waals surface area contributed by atoms with Crippen LogP contribution in [0.5, 0.6) is 5.75 Å². The molecule has 4 aromatic rings. The van der Waals surface area contributed by atoms with E-state index in [4.69, 9.17) is 0 Å². The highest BCUT2D eigenvalue weighted by atomic mass is 16.3. The number of hydrogen-bond donors (Lipinski definition) is 2. The van der Waals surface area contributed by atoms with Gasteiger partial charge in [0.05, 0.1) is 17.0 Å². The quantitative estimate of drug-likeness (QED) is 0.595. The molecule has 0 bridgehead atoms. The molecule has 0 amide bonds. The van der Waals surface area contributed by atoms with Crippen molar-refractivity contribution in [3.05, 3.63) is 70.8 Å². The predicted octanol–water partition coefficient (Wildman–Crippen LogP) is 2.77. The molecule has 0 aliphatic carbocycles. The van der Waals surface area contributed by atoms with Gasteiger partial charge in [0.25, 0.3) is 5.56 Å². The molecule has 3 aromatic heterocycles. The molecule has 0 radical (unpaired) electrons. The third-order valence-corrected chi connectivity index (χ3v) is 3.88. The van der Waals surface area contributed by atoms with Crippen molar-refractivity contribution >= 4 is 5.65 Å². The monoisotopic (exact) mass is 318 g/mol. The highest BCUT2D eigenvalue weighted by Gasteiger charge is 2.15. The van der Waals surface area contributed by atoms with Gasteiger partial charge in [-0.3, -0.25) is 14.9 Å². The van der Waals surface area contributed by atoms with Gasteiger partial charge in [-0.05, 0) is 43.3 Å². The van der Waals surface area contributed by atoms with Crippen LogP contribution in [0.3, 0.4) is 0 Å². The van der Waals surface area contributed by atoms with E-state index in [1.165, 1.54) is 10.6 Å². The van der Waals surface area contributed by atoms with Crippen LogP contribution in [-0.2, 0) is 0 Å². The Morgan fingerprint density at radius 3 is 2.58 bits per heavy atom. The second kappa shape index (κ2) is 5.34. The molecular formula is C18H14N4O2. The van der Waals surface area contributed by atoms with Gasteiger partial charge in [0.1, 0.15) is 5.75 Å². The number of aryl methyl sites for hydroxylation is 1. The van der Waals surface area contributed by atoms with Crippen LogP contribution in [-0.4, -0.2) is 24.7 Å². The standard InChI is InChI=1S/C18H14N4O2/c1-11-17(14-4-2-3-9-19-14)18-20-15(10-16(24)22(18)21-11)12-5-7-13(23)8-6-12/h2-10,21,23H,1H3. The second-order valence-electron chi connectivity index (χ2n) is 5.51. The topological polar surface area (TPSA) is 83.3 Å². The van der Waals surface area contributed by atoms with E-state index in [2.05, 4.69) is 15.1 Å². The number of fused-ring (bicyclic) bond motifs is 1. The number of H-pyrrole nitrogens is 1. The van der Waals surface area contributed by atoms with E-state index < -0.39 is 0 Å². The van der Waals surface area contributed by atoms with E-state index in [1.807, 2.05) is 25.1 Å². The lowest BCUT2D eigenvalue weighted by molar-refractivity contribution is 0.475. The molecule has 118 valence electrons. The van der Waals surface area contributed by atoms with Gasteiger partial charge >= 0.3 is 0 Å². The minimum absolute atomic E-state index is 0.170. The molecule has 24 heavy (non-hydrogen) atoms. The average molecular weight is 318 g/mol. The van der Waals surface area contributed by atoms with Gasteiger partial charge < -0.3 is 5.11 Å². The number of phenolic OH excluding ortho intramolecular Hbond substituents is 1. The van der Waals surface area contributed by atoms with Crippen LogP contribution < -0.4 is 5.56 Å². The number of benzene rings is 1. The van der Waals surface area contributed by atoms with Gasteiger partial charge in [-0.25, -0.2) is 9.50 Å². The second-order valence-corrected chi connectivity index (χ2v) is 5.51. The highest BCUT2D eigenvalue weighted by molar-refractivity contribution is 5.78. The van der Waals surface area contributed by atoms with Crippen LogP contribution in [0.15, 0.2) is 59.5 Å². The summed E-state index contributed by atoms with van der Waals surface area (Å²) in [4.78, 5) is 21.5. The van der Waals surface area contributed by atoms with Gasteiger partial charge in [0.15, 0.2) is 5.65 Å². The van der Waals surface area contributed by atoms with Crippen LogP contribution in [0.25, 0.3) is 28.2 Å². The molecule has 1 aromatic carbocycles. The summed E-state index contributed by atoms with van der Waals surface area (Å²) < 4.78 is 1.42. The van der Waals surface area contributed by atoms with Crippen molar-refractivity contribution in [2.45, 2.75) is 6.92 Å². The first kappa shape index (κ1) is 14.2. The van der Waals surface area contributed by atoms with Crippen molar-refractivity contribution in [3.8, 4) is 28.3 Å². The molecule has 0 spiro atoms. The van der Waals surface area contributed by atoms with E-state index in [1.54, 1.807) is 30.5 Å². The van der Waals surface area contributed by atoms with Gasteiger partial charge in [0.2, 0.25) is 0 Å². The predicted molar refractivity (Wildman–Crippen MR) is 90.9 cm³/mol. The van der Waals surface area contributed by atoms with E-state index >= 15 is 0 Å². The van der Waals surface area contributed by atoms with Crippen LogP contribution >= 0.6 is 0 Å². The number of aromatic nitrogens is 4. The number of hydrogen-bond acceptors (Lipinski definition) is 4. The molecule has 3 heterocycles. The lowest BCUT2D eigenvalue weighted by Gasteiger charge is -2.03. The molecule has 0 fully saturated rings. The molecule has 2 N–H and O–H groups in total. The zero-order chi connectivity index (χ0) is 16.7. The van der Waals surface area contributed by atoms with Crippen molar-refractivity contribution < 1.29 is 5.11 Å². The summed E-state index contributed by atoms with van der Waals surface area (Å²) >= 11 is 0. The molecule has 0 unspecified atom stereocenters. The van der Waals surface area contributed by atoms with Crippen molar-refractivity contribution in [1.29, 1.82) is 0 Å². The maximum absolute atomic E-state index is 12.5. The van der Waals surface area contributed by atoms with Crippen LogP contribution in [0, 0.1) is 6.92 Å². The molecule has 6 nitrogen and oxygen atoms in total. The first-order chi connectivity index (χ1) is 11.6. The first-order valence-corrected chi connectivity index (χ1v) is 7.46. The number of pyridine rings is 1. The lowest BCUT2D eigenvalue weighted by Crippen LogP contribution is -2.14. The Morgan fingerprint density at radius 1 is 1.08 bits per heavy atom. The summed E-state index contributed by atoms with van der Waals surface area (Å²) in [5.41, 5.74) is 4.02. The molecule has 4 rings (SSSR count). The summed E-state index contributed by atoms with van der Waals surface area (Å²) in [5, 5.41) is 12.5. The average Bonchev–Trinajstić information content (AvgIpc) is 2.93. The van der Waals surface area contributed by atoms with Gasteiger partial charge in [-0.1, -0.05) is 6.07 Å². The molecule has 0 saturated heterocycles. The third kappa shape index (κ3) is 2.25. The molecule has 6 heteroatoms. The number of aromatic hydroxyl groups is 1. The van der Waals surface area contributed by atoms with E-state index in [9.17, 15) is 9.90 Å². The summed E-state index contributed by atoms with van der Waals surface area (Å²) in [6.07, 6.45) is 1.71. The first-order valence-electron chi connectivity index (χ1n) is 7.46. The van der Waals surface area contributed by atoms with E-state index in [0.29, 0.717) is 11.3 Å². The van der Waals surface area contributed by atoms with Crippen molar-refractivity contribution in [1.82, 2.24) is 19.6 Å². The Hall–Kier alpha value is -3.41.